The highest BCUT2D eigenvalue weighted by molar-refractivity contribution is 6.33. The Labute approximate surface area is 347 Å². The summed E-state index contributed by atoms with van der Waals surface area (Å²) in [5.41, 5.74) is 0.551. The summed E-state index contributed by atoms with van der Waals surface area (Å²) in [5.74, 6) is -0.893. The largest absolute Gasteiger partial charge is 0.505 e. The number of hydrogen-bond acceptors (Lipinski definition) is 9. The molecule has 0 atom stereocenters. The third-order valence-electron chi connectivity index (χ3n) is 11.7. The number of piperazine rings is 1. The molecule has 8 rings (SSSR count). The number of urea groups is 1. The number of nitrogens with zero attached hydrogens (tertiary/aromatic N) is 9. The van der Waals surface area contributed by atoms with Crippen molar-refractivity contribution in [2.75, 3.05) is 63.6 Å². The van der Waals surface area contributed by atoms with Crippen LogP contribution >= 0.6 is 11.6 Å². The van der Waals surface area contributed by atoms with Crippen LogP contribution in [0.3, 0.4) is 0 Å². The van der Waals surface area contributed by atoms with Gasteiger partial charge in [0.2, 0.25) is 11.7 Å². The summed E-state index contributed by atoms with van der Waals surface area (Å²) in [7, 11) is 3.45. The highest BCUT2D eigenvalue weighted by Gasteiger charge is 2.45. The van der Waals surface area contributed by atoms with E-state index in [4.69, 9.17) is 21.7 Å². The number of benzene rings is 2. The highest BCUT2D eigenvalue weighted by atomic mass is 35.5. The van der Waals surface area contributed by atoms with Crippen molar-refractivity contribution in [3.63, 3.8) is 0 Å². The summed E-state index contributed by atoms with van der Waals surface area (Å²) in [4.78, 5) is 70.4. The van der Waals surface area contributed by atoms with E-state index in [0.29, 0.717) is 75.1 Å². The molecule has 2 N–H and O–H groups in total. The van der Waals surface area contributed by atoms with Gasteiger partial charge in [0.05, 0.1) is 16.3 Å². The number of rotatable bonds is 6. The van der Waals surface area contributed by atoms with E-state index in [-0.39, 0.29) is 65.0 Å². The van der Waals surface area contributed by atoms with Crippen LogP contribution in [0.25, 0.3) is 17.2 Å². The minimum absolute atomic E-state index is 0.0130. The fourth-order valence-corrected chi connectivity index (χ4v) is 8.86. The fourth-order valence-electron chi connectivity index (χ4n) is 8.64. The first-order valence-electron chi connectivity index (χ1n) is 19.6. The molecule has 0 bridgehead atoms. The molecule has 0 saturated carbocycles. The van der Waals surface area contributed by atoms with Gasteiger partial charge in [-0.25, -0.2) is 9.78 Å². The van der Waals surface area contributed by atoms with Crippen LogP contribution in [-0.2, 0) is 29.4 Å². The van der Waals surface area contributed by atoms with Gasteiger partial charge in [-0.15, -0.1) is 5.10 Å². The standard InChI is InChI=1S/C41H42ClF3N10O5/c1-50(2)39(60)53-21-19-51(20-22-53)27-10-7-25(8-11-27)35-48-38-54(24-32(57)47-29-12-9-26(23-28(29)42)41(43,44)45)30-5-3-13-40(33(30)36(58)55(38)49-35)14-17-52(18-15-40)37(59)34-31(56)6-4-16-46-34/h4,6-12,16,23,56H,3,5,13-15,17-22,24H2,1-2H3,(H,47,57). The van der Waals surface area contributed by atoms with Crippen molar-refractivity contribution < 1.29 is 32.7 Å². The van der Waals surface area contributed by atoms with Crippen LogP contribution in [0, 0.1) is 0 Å². The third kappa shape index (κ3) is 7.59. The molecular formula is C41H42ClF3N10O5. The molecule has 0 unspecified atom stereocenters. The SMILES string of the molecule is CN(C)C(=O)N1CCN(c2ccc(-c3nc4n(CC(=O)Nc5ccc(C(F)(F)F)cc5Cl)c5c(c(=O)n4n3)C3(CCC5)CCN(C(=O)c4ncccc4O)CC3)cc2)CC1. The Morgan fingerprint density at radius 1 is 0.950 bits per heavy atom. The molecule has 15 nitrogen and oxygen atoms in total. The highest BCUT2D eigenvalue weighted by Crippen LogP contribution is 2.44. The molecule has 2 saturated heterocycles. The van der Waals surface area contributed by atoms with E-state index in [0.717, 1.165) is 23.9 Å². The monoisotopic (exact) mass is 846 g/mol. The summed E-state index contributed by atoms with van der Waals surface area (Å²) in [5, 5.41) is 17.3. The number of pyridine rings is 1. The van der Waals surface area contributed by atoms with Crippen LogP contribution in [0.1, 0.15) is 53.0 Å². The normalized spacial score (nSPS) is 16.5. The number of fused-ring (bicyclic) bond motifs is 3. The van der Waals surface area contributed by atoms with Gasteiger partial charge >= 0.3 is 12.2 Å². The lowest BCUT2D eigenvalue weighted by Gasteiger charge is -2.45. The fraction of sp³-hybridized carbons (Fsp3) is 0.390. The van der Waals surface area contributed by atoms with Crippen molar-refractivity contribution in [1.82, 2.24) is 38.8 Å². The van der Waals surface area contributed by atoms with Gasteiger partial charge in [-0.1, -0.05) is 11.6 Å². The van der Waals surface area contributed by atoms with Crippen molar-refractivity contribution in [1.29, 1.82) is 0 Å². The number of carbonyl (C=O) groups is 3. The second-order valence-corrected chi connectivity index (χ2v) is 16.0. The second kappa shape index (κ2) is 15.8. The molecule has 5 heterocycles. The Kier molecular flexibility index (Phi) is 10.7. The van der Waals surface area contributed by atoms with E-state index in [1.54, 1.807) is 33.4 Å². The quantitative estimate of drug-likeness (QED) is 0.232. The number of halogens is 4. The maximum absolute atomic E-state index is 14.7. The summed E-state index contributed by atoms with van der Waals surface area (Å²) in [6, 6.07) is 13.1. The molecule has 1 aliphatic carbocycles. The summed E-state index contributed by atoms with van der Waals surface area (Å²) in [6.07, 6.45) is -0.588. The van der Waals surface area contributed by atoms with Gasteiger partial charge in [-0.05, 0) is 86.7 Å². The van der Waals surface area contributed by atoms with Crippen LogP contribution < -0.4 is 15.8 Å². The minimum atomic E-state index is -4.62. The number of aromatic hydroxyl groups is 1. The van der Waals surface area contributed by atoms with E-state index >= 15 is 0 Å². The Hall–Kier alpha value is -6.17. The predicted octanol–water partition coefficient (Wildman–Crippen LogP) is 5.28. The molecule has 1 spiro atoms. The van der Waals surface area contributed by atoms with E-state index in [1.165, 1.54) is 22.8 Å². The van der Waals surface area contributed by atoms with Crippen molar-refractivity contribution in [2.24, 2.45) is 0 Å². The number of carbonyl (C=O) groups excluding carboxylic acids is 3. The van der Waals surface area contributed by atoms with Crippen LogP contribution in [0.4, 0.5) is 29.3 Å². The van der Waals surface area contributed by atoms with E-state index in [2.05, 4.69) is 15.2 Å². The number of nitrogens with one attached hydrogen (secondary N) is 1. The molecule has 4 amide bonds. The lowest BCUT2D eigenvalue weighted by molar-refractivity contribution is -0.137. The number of hydrogen-bond donors (Lipinski definition) is 2. The van der Waals surface area contributed by atoms with Crippen molar-refractivity contribution in [3.05, 3.63) is 98.7 Å². The summed E-state index contributed by atoms with van der Waals surface area (Å²) < 4.78 is 42.9. The molecule has 5 aromatic rings. The van der Waals surface area contributed by atoms with Gasteiger partial charge in [0, 0.05) is 87.5 Å². The Bertz CT molecular complexity index is 2540. The first kappa shape index (κ1) is 40.6. The third-order valence-corrected chi connectivity index (χ3v) is 12.1. The predicted molar refractivity (Wildman–Crippen MR) is 216 cm³/mol. The minimum Gasteiger partial charge on any atom is -0.505 e. The molecule has 2 aliphatic heterocycles. The average molecular weight is 847 g/mol. The van der Waals surface area contributed by atoms with Gasteiger partial charge in [0.15, 0.2) is 11.5 Å². The van der Waals surface area contributed by atoms with Crippen LogP contribution in [0.15, 0.2) is 65.6 Å². The molecule has 2 aromatic carbocycles. The topological polar surface area (TPSA) is 162 Å². The zero-order valence-electron chi connectivity index (χ0n) is 32.9. The second-order valence-electron chi connectivity index (χ2n) is 15.6. The summed E-state index contributed by atoms with van der Waals surface area (Å²) >= 11 is 6.20. The smallest absolute Gasteiger partial charge is 0.416 e. The van der Waals surface area contributed by atoms with Gasteiger partial charge < -0.3 is 34.6 Å². The number of anilines is 2. The molecule has 314 valence electrons. The zero-order chi connectivity index (χ0) is 42.5. The van der Waals surface area contributed by atoms with E-state index in [1.807, 2.05) is 24.3 Å². The first-order valence-corrected chi connectivity index (χ1v) is 20.0. The van der Waals surface area contributed by atoms with Crippen LogP contribution in [0.2, 0.25) is 5.02 Å². The van der Waals surface area contributed by atoms with Crippen molar-refractivity contribution >= 4 is 46.6 Å². The van der Waals surface area contributed by atoms with Crippen molar-refractivity contribution in [2.45, 2.75) is 50.2 Å². The number of alkyl halides is 3. The maximum Gasteiger partial charge on any atom is 0.416 e. The molecule has 19 heteroatoms. The Morgan fingerprint density at radius 3 is 2.32 bits per heavy atom. The number of aromatic nitrogens is 5. The van der Waals surface area contributed by atoms with E-state index < -0.39 is 29.0 Å². The van der Waals surface area contributed by atoms with Gasteiger partial charge in [-0.2, -0.15) is 22.7 Å². The Balaban J connectivity index is 1.13. The Morgan fingerprint density at radius 2 is 1.67 bits per heavy atom. The zero-order valence-corrected chi connectivity index (χ0v) is 33.6. The number of piperidine rings is 1. The lowest BCUT2D eigenvalue weighted by Crippen LogP contribution is -2.51. The van der Waals surface area contributed by atoms with Crippen molar-refractivity contribution in [3.8, 4) is 17.1 Å². The van der Waals surface area contributed by atoms with Gasteiger partial charge in [-0.3, -0.25) is 14.4 Å². The molecular weight excluding hydrogens is 805 g/mol. The molecule has 60 heavy (non-hydrogen) atoms. The van der Waals surface area contributed by atoms with Gasteiger partial charge in [0.25, 0.3) is 11.5 Å². The lowest BCUT2D eigenvalue weighted by atomic mass is 9.66. The van der Waals surface area contributed by atoms with Crippen LogP contribution in [0.5, 0.6) is 5.75 Å². The molecule has 3 aliphatic rings. The first-order chi connectivity index (χ1) is 28.6. The van der Waals surface area contributed by atoms with Gasteiger partial charge in [0.1, 0.15) is 12.3 Å². The average Bonchev–Trinajstić information content (AvgIpc) is 3.69. The summed E-state index contributed by atoms with van der Waals surface area (Å²) in [6.45, 7) is 2.66. The molecule has 3 aromatic heterocycles. The molecule has 2 fully saturated rings. The molecule has 0 radical (unpaired) electrons. The number of amides is 4. The van der Waals surface area contributed by atoms with E-state index in [9.17, 15) is 37.5 Å². The maximum atomic E-state index is 14.7. The van der Waals surface area contributed by atoms with Crippen LogP contribution in [-0.4, -0.2) is 115 Å². The number of likely N-dealkylation sites (tertiary alicyclic amines) is 1.